The van der Waals surface area contributed by atoms with E-state index in [9.17, 15) is 18.0 Å². The molecule has 7 heteroatoms. The lowest BCUT2D eigenvalue weighted by atomic mass is 10.1. The molecule has 0 spiro atoms. The van der Waals surface area contributed by atoms with Gasteiger partial charge in [0.2, 0.25) is 5.91 Å². The number of carboxylic acid groups (broad SMARTS) is 1. The number of benzene rings is 1. The van der Waals surface area contributed by atoms with Crippen LogP contribution in [0, 0.1) is 0 Å². The number of nitrogens with zero attached hydrogens (tertiary/aromatic N) is 1. The minimum Gasteiger partial charge on any atom is -0.480 e. The largest absolute Gasteiger partial charge is 0.480 e. The van der Waals surface area contributed by atoms with E-state index in [2.05, 4.69) is 0 Å². The molecule has 0 unspecified atom stereocenters. The Bertz CT molecular complexity index is 656. The lowest BCUT2D eigenvalue weighted by molar-refractivity contribution is -0.147. The third-order valence-corrected chi connectivity index (χ3v) is 5.56. The van der Waals surface area contributed by atoms with Gasteiger partial charge in [-0.05, 0) is 31.2 Å². The van der Waals surface area contributed by atoms with Gasteiger partial charge in [0.05, 0.1) is 5.75 Å². The van der Waals surface area contributed by atoms with Crippen molar-refractivity contribution in [2.75, 3.05) is 18.1 Å². The molecule has 1 aliphatic rings. The van der Waals surface area contributed by atoms with Crippen LogP contribution in [0.25, 0.3) is 0 Å². The fraction of sp³-hybridized carbons (Fsp3) is 0.500. The van der Waals surface area contributed by atoms with Gasteiger partial charge in [-0.3, -0.25) is 4.79 Å². The van der Waals surface area contributed by atoms with Gasteiger partial charge in [-0.2, -0.15) is 0 Å². The van der Waals surface area contributed by atoms with Crippen molar-refractivity contribution in [1.29, 1.82) is 0 Å². The van der Waals surface area contributed by atoms with Crippen LogP contribution in [0.15, 0.2) is 30.3 Å². The van der Waals surface area contributed by atoms with Crippen LogP contribution in [0.4, 0.5) is 0 Å². The van der Waals surface area contributed by atoms with E-state index in [1.54, 1.807) is 0 Å². The number of carbonyl (C=O) groups is 2. The SMILES string of the molecule is O=C(O)[C@H]1CCCN1C(=O)CS(=O)(=O)CCCc1ccccc1. The van der Waals surface area contributed by atoms with Gasteiger partial charge in [-0.25, -0.2) is 13.2 Å². The van der Waals surface area contributed by atoms with Gasteiger partial charge < -0.3 is 10.0 Å². The van der Waals surface area contributed by atoms with Gasteiger partial charge in [-0.15, -0.1) is 0 Å². The molecule has 0 aliphatic carbocycles. The lowest BCUT2D eigenvalue weighted by Gasteiger charge is -2.21. The summed E-state index contributed by atoms with van der Waals surface area (Å²) in [4.78, 5) is 24.3. The molecule has 23 heavy (non-hydrogen) atoms. The minimum absolute atomic E-state index is 0.0702. The molecule has 0 aromatic heterocycles. The van der Waals surface area contributed by atoms with Crippen molar-refractivity contribution < 1.29 is 23.1 Å². The molecule has 1 aromatic rings. The van der Waals surface area contributed by atoms with Crippen LogP contribution in [0.5, 0.6) is 0 Å². The van der Waals surface area contributed by atoms with Crippen LogP contribution in [-0.4, -0.2) is 54.4 Å². The molecular formula is C16H21NO5S. The topological polar surface area (TPSA) is 91.8 Å². The van der Waals surface area contributed by atoms with Crippen molar-refractivity contribution in [2.24, 2.45) is 0 Å². The lowest BCUT2D eigenvalue weighted by Crippen LogP contribution is -2.43. The fourth-order valence-corrected chi connectivity index (χ4v) is 4.08. The first-order chi connectivity index (χ1) is 10.9. The van der Waals surface area contributed by atoms with Gasteiger partial charge in [0.1, 0.15) is 11.8 Å². The normalized spacial score (nSPS) is 18.1. The van der Waals surface area contributed by atoms with E-state index in [4.69, 9.17) is 5.11 Å². The summed E-state index contributed by atoms with van der Waals surface area (Å²) >= 11 is 0. The monoisotopic (exact) mass is 339 g/mol. The fourth-order valence-electron chi connectivity index (χ4n) is 2.81. The number of sulfone groups is 1. The molecular weight excluding hydrogens is 318 g/mol. The number of hydrogen-bond acceptors (Lipinski definition) is 4. The van der Waals surface area contributed by atoms with Crippen LogP contribution >= 0.6 is 0 Å². The van der Waals surface area contributed by atoms with E-state index >= 15 is 0 Å². The summed E-state index contributed by atoms with van der Waals surface area (Å²) in [6.45, 7) is 0.315. The summed E-state index contributed by atoms with van der Waals surface area (Å²) in [5, 5.41) is 9.06. The van der Waals surface area contributed by atoms with Gasteiger partial charge in [0, 0.05) is 6.54 Å². The quantitative estimate of drug-likeness (QED) is 0.803. The first kappa shape index (κ1) is 17.5. The highest BCUT2D eigenvalue weighted by atomic mass is 32.2. The van der Waals surface area contributed by atoms with Crippen LogP contribution in [0.2, 0.25) is 0 Å². The van der Waals surface area contributed by atoms with E-state index in [1.807, 2.05) is 30.3 Å². The zero-order valence-corrected chi connectivity index (χ0v) is 13.7. The summed E-state index contributed by atoms with van der Waals surface area (Å²) in [6, 6.07) is 8.66. The summed E-state index contributed by atoms with van der Waals surface area (Å²) in [5.74, 6) is -2.35. The zero-order valence-electron chi connectivity index (χ0n) is 12.8. The Morgan fingerprint density at radius 2 is 1.91 bits per heavy atom. The molecule has 1 heterocycles. The molecule has 1 saturated heterocycles. The molecule has 1 aliphatic heterocycles. The van der Waals surface area contributed by atoms with Crippen molar-refractivity contribution >= 4 is 21.7 Å². The van der Waals surface area contributed by atoms with Gasteiger partial charge in [0.25, 0.3) is 0 Å². The average Bonchev–Trinajstić information content (AvgIpc) is 2.97. The standard InChI is InChI=1S/C16H21NO5S/c18-15(17-10-4-9-14(17)16(19)20)12-23(21,22)11-5-8-13-6-2-1-3-7-13/h1-3,6-7,14H,4-5,8-12H2,(H,19,20)/t14-/m1/s1. The Labute approximate surface area is 136 Å². The molecule has 6 nitrogen and oxygen atoms in total. The maximum absolute atomic E-state index is 12.1. The highest BCUT2D eigenvalue weighted by Gasteiger charge is 2.35. The number of carbonyl (C=O) groups excluding carboxylic acids is 1. The highest BCUT2D eigenvalue weighted by Crippen LogP contribution is 2.18. The van der Waals surface area contributed by atoms with Gasteiger partial charge in [-0.1, -0.05) is 30.3 Å². The maximum atomic E-state index is 12.1. The first-order valence-corrected chi connectivity index (χ1v) is 9.48. The summed E-state index contributed by atoms with van der Waals surface area (Å²) in [6.07, 6.45) is 2.06. The minimum atomic E-state index is -3.52. The number of rotatable bonds is 7. The summed E-state index contributed by atoms with van der Waals surface area (Å²) in [5.41, 5.74) is 1.06. The number of hydrogen-bond donors (Lipinski definition) is 1. The Balaban J connectivity index is 1.85. The maximum Gasteiger partial charge on any atom is 0.326 e. The molecule has 0 bridgehead atoms. The highest BCUT2D eigenvalue weighted by molar-refractivity contribution is 7.92. The predicted molar refractivity (Wildman–Crippen MR) is 85.8 cm³/mol. The Kier molecular flexibility index (Phi) is 5.76. The molecule has 2 rings (SSSR count). The van der Waals surface area contributed by atoms with Crippen LogP contribution in [0.3, 0.4) is 0 Å². The van der Waals surface area contributed by atoms with Gasteiger partial charge in [0.15, 0.2) is 9.84 Å². The van der Waals surface area contributed by atoms with Crippen molar-refractivity contribution in [2.45, 2.75) is 31.7 Å². The van der Waals surface area contributed by atoms with Crippen molar-refractivity contribution in [3.05, 3.63) is 35.9 Å². The number of likely N-dealkylation sites (tertiary alicyclic amines) is 1. The Morgan fingerprint density at radius 1 is 1.22 bits per heavy atom. The average molecular weight is 339 g/mol. The van der Waals surface area contributed by atoms with E-state index in [-0.39, 0.29) is 5.75 Å². The van der Waals surface area contributed by atoms with Crippen LogP contribution in [0.1, 0.15) is 24.8 Å². The van der Waals surface area contributed by atoms with E-state index < -0.39 is 33.5 Å². The second-order valence-corrected chi connectivity index (χ2v) is 7.95. The molecule has 1 aromatic carbocycles. The number of carboxylic acids is 1. The summed E-state index contributed by atoms with van der Waals surface area (Å²) < 4.78 is 24.1. The number of aliphatic carboxylic acids is 1. The summed E-state index contributed by atoms with van der Waals surface area (Å²) in [7, 11) is -3.52. The molecule has 126 valence electrons. The molecule has 0 saturated carbocycles. The second-order valence-electron chi connectivity index (χ2n) is 5.76. The first-order valence-electron chi connectivity index (χ1n) is 7.66. The van der Waals surface area contributed by atoms with Crippen LogP contribution in [-0.2, 0) is 25.8 Å². The molecule has 1 N–H and O–H groups in total. The van der Waals surface area contributed by atoms with Crippen molar-refractivity contribution in [3.63, 3.8) is 0 Å². The molecule has 1 fully saturated rings. The van der Waals surface area contributed by atoms with E-state index in [0.717, 1.165) is 5.56 Å². The Hall–Kier alpha value is -1.89. The van der Waals surface area contributed by atoms with Crippen molar-refractivity contribution in [1.82, 2.24) is 4.90 Å². The number of amides is 1. The van der Waals surface area contributed by atoms with E-state index in [1.165, 1.54) is 4.90 Å². The smallest absolute Gasteiger partial charge is 0.326 e. The van der Waals surface area contributed by atoms with Crippen LogP contribution < -0.4 is 0 Å². The number of aryl methyl sites for hydroxylation is 1. The predicted octanol–water partition coefficient (Wildman–Crippen LogP) is 1.11. The third kappa shape index (κ3) is 5.06. The zero-order chi connectivity index (χ0) is 16.9. The van der Waals surface area contributed by atoms with E-state index in [0.29, 0.717) is 32.2 Å². The molecule has 0 radical (unpaired) electrons. The molecule has 1 amide bonds. The second kappa shape index (κ2) is 7.59. The third-order valence-electron chi connectivity index (χ3n) is 3.97. The molecule has 1 atom stereocenters. The van der Waals surface area contributed by atoms with Gasteiger partial charge >= 0.3 is 5.97 Å². The Morgan fingerprint density at radius 3 is 2.57 bits per heavy atom. The van der Waals surface area contributed by atoms with Crippen molar-refractivity contribution in [3.8, 4) is 0 Å².